The number of amides is 1. The van der Waals surface area contributed by atoms with Crippen molar-refractivity contribution in [2.24, 2.45) is 0 Å². The molecule has 1 aromatic carbocycles. The van der Waals surface area contributed by atoms with E-state index in [2.05, 4.69) is 51.7 Å². The summed E-state index contributed by atoms with van der Waals surface area (Å²) in [6.45, 7) is 9.18. The van der Waals surface area contributed by atoms with Crippen LogP contribution >= 0.6 is 12.6 Å². The predicted octanol–water partition coefficient (Wildman–Crippen LogP) is 3.10. The first-order valence-electron chi connectivity index (χ1n) is 5.46. The molecule has 0 bridgehead atoms. The summed E-state index contributed by atoms with van der Waals surface area (Å²) in [4.78, 5) is 10.7. The van der Waals surface area contributed by atoms with Gasteiger partial charge in [0.15, 0.2) is 0 Å². The molecule has 2 nitrogen and oxygen atoms in total. The molecule has 1 rings (SSSR count). The quantitative estimate of drug-likeness (QED) is 0.777. The fraction of sp³-hybridized carbons (Fsp3) is 0.462. The van der Waals surface area contributed by atoms with Crippen molar-refractivity contribution in [2.45, 2.75) is 34.1 Å². The van der Waals surface area contributed by atoms with E-state index in [-0.39, 0.29) is 5.24 Å². The predicted molar refractivity (Wildman–Crippen MR) is 71.5 cm³/mol. The van der Waals surface area contributed by atoms with Crippen LogP contribution in [-0.2, 0) is 6.42 Å². The number of nitrogens with one attached hydrogen (secondary N) is 1. The molecule has 88 valence electrons. The summed E-state index contributed by atoms with van der Waals surface area (Å²) in [6, 6.07) is 2.21. The molecule has 16 heavy (non-hydrogen) atoms. The maximum atomic E-state index is 10.7. The van der Waals surface area contributed by atoms with Crippen molar-refractivity contribution >= 4 is 17.9 Å². The monoisotopic (exact) mass is 237 g/mol. The van der Waals surface area contributed by atoms with Crippen LogP contribution in [0, 0.1) is 27.7 Å². The fourth-order valence-corrected chi connectivity index (χ4v) is 2.08. The van der Waals surface area contributed by atoms with Crippen LogP contribution in [-0.4, -0.2) is 11.8 Å². The van der Waals surface area contributed by atoms with Gasteiger partial charge in [-0.2, -0.15) is 0 Å². The van der Waals surface area contributed by atoms with Gasteiger partial charge in [0.1, 0.15) is 0 Å². The van der Waals surface area contributed by atoms with Gasteiger partial charge in [0, 0.05) is 6.54 Å². The highest BCUT2D eigenvalue weighted by Gasteiger charge is 2.08. The highest BCUT2D eigenvalue weighted by molar-refractivity contribution is 7.96. The fourth-order valence-electron chi connectivity index (χ4n) is 1.97. The number of aryl methyl sites for hydroxylation is 2. The van der Waals surface area contributed by atoms with E-state index < -0.39 is 0 Å². The van der Waals surface area contributed by atoms with Gasteiger partial charge in [-0.3, -0.25) is 4.79 Å². The van der Waals surface area contributed by atoms with Gasteiger partial charge in [-0.1, -0.05) is 18.7 Å². The summed E-state index contributed by atoms with van der Waals surface area (Å²) in [7, 11) is 0. The first-order valence-corrected chi connectivity index (χ1v) is 5.91. The molecule has 0 heterocycles. The van der Waals surface area contributed by atoms with E-state index in [0.717, 1.165) is 6.42 Å². The maximum absolute atomic E-state index is 10.7. The molecule has 0 atom stereocenters. The Morgan fingerprint density at radius 2 is 1.69 bits per heavy atom. The van der Waals surface area contributed by atoms with E-state index in [1.807, 2.05) is 0 Å². The summed E-state index contributed by atoms with van der Waals surface area (Å²) in [5.41, 5.74) is 6.64. The Morgan fingerprint density at radius 3 is 2.12 bits per heavy atom. The second-order valence-corrected chi connectivity index (χ2v) is 4.63. The van der Waals surface area contributed by atoms with E-state index >= 15 is 0 Å². The van der Waals surface area contributed by atoms with Crippen LogP contribution in [0.2, 0.25) is 0 Å². The second kappa shape index (κ2) is 5.39. The van der Waals surface area contributed by atoms with Crippen LogP contribution in [0.15, 0.2) is 6.07 Å². The summed E-state index contributed by atoms with van der Waals surface area (Å²) < 4.78 is 0. The molecule has 3 heteroatoms. The van der Waals surface area contributed by atoms with Gasteiger partial charge in [-0.25, -0.2) is 0 Å². The third-order valence-electron chi connectivity index (χ3n) is 3.17. The lowest BCUT2D eigenvalue weighted by Gasteiger charge is -2.15. The Bertz CT molecular complexity index is 387. The smallest absolute Gasteiger partial charge is 0.275 e. The Kier molecular flexibility index (Phi) is 4.42. The second-order valence-electron chi connectivity index (χ2n) is 4.22. The van der Waals surface area contributed by atoms with Crippen LogP contribution in [0.5, 0.6) is 0 Å². The molecule has 0 radical (unpaired) electrons. The van der Waals surface area contributed by atoms with Gasteiger partial charge in [0.25, 0.3) is 5.24 Å². The van der Waals surface area contributed by atoms with E-state index in [1.54, 1.807) is 0 Å². The van der Waals surface area contributed by atoms with Crippen LogP contribution in [0.25, 0.3) is 0 Å². The molecule has 1 N–H and O–H groups in total. The number of benzene rings is 1. The van der Waals surface area contributed by atoms with Crippen molar-refractivity contribution in [1.29, 1.82) is 0 Å². The highest BCUT2D eigenvalue weighted by Crippen LogP contribution is 2.21. The summed E-state index contributed by atoms with van der Waals surface area (Å²) in [5.74, 6) is 0. The minimum atomic E-state index is -0.264. The molecule has 0 saturated carbocycles. The summed E-state index contributed by atoms with van der Waals surface area (Å²) in [6.07, 6.45) is 0.868. The van der Waals surface area contributed by atoms with Gasteiger partial charge in [-0.15, -0.1) is 0 Å². The molecule has 1 amide bonds. The van der Waals surface area contributed by atoms with Crippen molar-refractivity contribution in [3.05, 3.63) is 33.9 Å². The van der Waals surface area contributed by atoms with Gasteiger partial charge in [-0.05, 0) is 61.9 Å². The molecule has 0 aliphatic rings. The standard InChI is InChI=1S/C13H19NOS/c1-8-7-9(2)11(4)12(10(8)3)5-6-14-13(15)16/h7H,5-6H2,1-4H3,(H2,14,15,16). The molecule has 0 saturated heterocycles. The zero-order valence-electron chi connectivity index (χ0n) is 10.3. The van der Waals surface area contributed by atoms with E-state index in [4.69, 9.17) is 0 Å². The molecular weight excluding hydrogens is 218 g/mol. The molecule has 1 aromatic rings. The third-order valence-corrected chi connectivity index (χ3v) is 3.33. The number of thiol groups is 1. The van der Waals surface area contributed by atoms with Gasteiger partial charge in [0.05, 0.1) is 0 Å². The van der Waals surface area contributed by atoms with Crippen molar-refractivity contribution in [3.8, 4) is 0 Å². The maximum Gasteiger partial charge on any atom is 0.275 e. The van der Waals surface area contributed by atoms with Crippen molar-refractivity contribution < 1.29 is 4.79 Å². The lowest BCUT2D eigenvalue weighted by atomic mass is 9.92. The van der Waals surface area contributed by atoms with Crippen LogP contribution in [0.1, 0.15) is 27.8 Å². The molecule has 0 aliphatic carbocycles. The SMILES string of the molecule is Cc1cc(C)c(C)c(CCNC(=O)S)c1C. The average Bonchev–Trinajstić information content (AvgIpc) is 2.20. The van der Waals surface area contributed by atoms with Gasteiger partial charge < -0.3 is 5.32 Å². The number of carbonyl (C=O) groups is 1. The zero-order chi connectivity index (χ0) is 12.3. The Hall–Kier alpha value is -0.960. The minimum absolute atomic E-state index is 0.264. The lowest BCUT2D eigenvalue weighted by molar-refractivity contribution is 0.261. The molecule has 0 aromatic heterocycles. The van der Waals surface area contributed by atoms with E-state index in [1.165, 1.54) is 27.8 Å². The molecule has 0 fully saturated rings. The van der Waals surface area contributed by atoms with Gasteiger partial charge >= 0.3 is 0 Å². The van der Waals surface area contributed by atoms with Crippen LogP contribution in [0.3, 0.4) is 0 Å². The largest absolute Gasteiger partial charge is 0.347 e. The number of rotatable bonds is 3. The molecule has 0 spiro atoms. The van der Waals surface area contributed by atoms with Gasteiger partial charge in [0.2, 0.25) is 0 Å². The topological polar surface area (TPSA) is 29.1 Å². The third kappa shape index (κ3) is 3.01. The molecule has 0 aliphatic heterocycles. The van der Waals surface area contributed by atoms with Crippen LogP contribution < -0.4 is 5.32 Å². The number of hydrogen-bond donors (Lipinski definition) is 2. The highest BCUT2D eigenvalue weighted by atomic mass is 32.1. The zero-order valence-corrected chi connectivity index (χ0v) is 11.2. The average molecular weight is 237 g/mol. The number of hydrogen-bond acceptors (Lipinski definition) is 1. The molecular formula is C13H19NOS. The number of carbonyl (C=O) groups excluding carboxylic acids is 1. The van der Waals surface area contributed by atoms with E-state index in [9.17, 15) is 4.79 Å². The Balaban J connectivity index is 2.90. The van der Waals surface area contributed by atoms with Crippen molar-refractivity contribution in [3.63, 3.8) is 0 Å². The first kappa shape index (κ1) is 13.1. The summed E-state index contributed by atoms with van der Waals surface area (Å²) in [5, 5.41) is 2.45. The first-order chi connectivity index (χ1) is 7.43. The normalized spacial score (nSPS) is 10.3. The lowest BCUT2D eigenvalue weighted by Crippen LogP contribution is -2.20. The Morgan fingerprint density at radius 1 is 1.19 bits per heavy atom. The van der Waals surface area contributed by atoms with Crippen LogP contribution in [0.4, 0.5) is 4.79 Å². The van der Waals surface area contributed by atoms with Crippen molar-refractivity contribution in [1.82, 2.24) is 5.32 Å². The minimum Gasteiger partial charge on any atom is -0.347 e. The van der Waals surface area contributed by atoms with Crippen molar-refractivity contribution in [2.75, 3.05) is 6.54 Å². The van der Waals surface area contributed by atoms with E-state index in [0.29, 0.717) is 6.54 Å². The molecule has 0 unspecified atom stereocenters. The summed E-state index contributed by atoms with van der Waals surface area (Å²) >= 11 is 3.69. The Labute approximate surface area is 103 Å².